The number of nitrogens with zero attached hydrogens (tertiary/aromatic N) is 1. The largest absolute Gasteiger partial charge is 0.368 e. The van der Waals surface area contributed by atoms with E-state index in [2.05, 4.69) is 17.1 Å². The van der Waals surface area contributed by atoms with E-state index in [0.717, 1.165) is 19.0 Å². The molecule has 0 aromatic rings. The molecule has 0 bridgehead atoms. The highest BCUT2D eigenvalue weighted by atomic mass is 16.1. The smallest absolute Gasteiger partial charge is 0.238 e. The minimum atomic E-state index is -0.613. The molecular formula is C12H25N3O. The van der Waals surface area contributed by atoms with Crippen LogP contribution in [-0.4, -0.2) is 42.0 Å². The molecule has 1 fully saturated rings. The molecule has 16 heavy (non-hydrogen) atoms. The Balaban J connectivity index is 2.60. The Morgan fingerprint density at radius 3 is 2.62 bits per heavy atom. The Hall–Kier alpha value is -0.610. The van der Waals surface area contributed by atoms with Gasteiger partial charge in [0, 0.05) is 19.1 Å². The fraction of sp³-hybridized carbons (Fsp3) is 0.917. The number of hydrogen-bond donors (Lipinski definition) is 2. The van der Waals surface area contributed by atoms with Gasteiger partial charge in [0.05, 0.1) is 0 Å². The highest BCUT2D eigenvalue weighted by Gasteiger charge is 2.35. The fourth-order valence-electron chi connectivity index (χ4n) is 2.45. The normalized spacial score (nSPS) is 25.9. The van der Waals surface area contributed by atoms with E-state index in [1.54, 1.807) is 0 Å². The minimum Gasteiger partial charge on any atom is -0.368 e. The van der Waals surface area contributed by atoms with Gasteiger partial charge in [-0.3, -0.25) is 4.79 Å². The van der Waals surface area contributed by atoms with Crippen molar-refractivity contribution in [2.45, 2.75) is 45.7 Å². The molecule has 0 radical (unpaired) electrons. The molecule has 2 atom stereocenters. The van der Waals surface area contributed by atoms with Crippen molar-refractivity contribution in [2.24, 2.45) is 11.7 Å². The molecule has 4 nitrogen and oxygen atoms in total. The molecule has 0 aromatic heterocycles. The van der Waals surface area contributed by atoms with Crippen molar-refractivity contribution in [3.8, 4) is 0 Å². The second kappa shape index (κ2) is 5.15. The summed E-state index contributed by atoms with van der Waals surface area (Å²) >= 11 is 0. The quantitative estimate of drug-likeness (QED) is 0.722. The van der Waals surface area contributed by atoms with Crippen molar-refractivity contribution in [2.75, 3.05) is 19.6 Å². The first-order valence-electron chi connectivity index (χ1n) is 6.13. The summed E-state index contributed by atoms with van der Waals surface area (Å²) in [5.74, 6) is 0.469. The number of rotatable bonds is 5. The number of primary amides is 1. The summed E-state index contributed by atoms with van der Waals surface area (Å²) in [5, 5.41) is 3.28. The summed E-state index contributed by atoms with van der Waals surface area (Å²) in [5.41, 5.74) is 4.89. The second-order valence-corrected chi connectivity index (χ2v) is 5.62. The van der Waals surface area contributed by atoms with Crippen molar-refractivity contribution in [1.29, 1.82) is 0 Å². The van der Waals surface area contributed by atoms with E-state index < -0.39 is 5.54 Å². The van der Waals surface area contributed by atoms with Gasteiger partial charge in [0.15, 0.2) is 0 Å². The summed E-state index contributed by atoms with van der Waals surface area (Å²) in [6, 6.07) is 0.262. The lowest BCUT2D eigenvalue weighted by molar-refractivity contribution is -0.124. The zero-order valence-electron chi connectivity index (χ0n) is 10.9. The van der Waals surface area contributed by atoms with E-state index in [1.807, 2.05) is 20.8 Å². The predicted octanol–water partition coefficient (Wildman–Crippen LogP) is 0.570. The van der Waals surface area contributed by atoms with Gasteiger partial charge in [-0.15, -0.1) is 0 Å². The Labute approximate surface area is 98.6 Å². The van der Waals surface area contributed by atoms with Gasteiger partial charge >= 0.3 is 0 Å². The summed E-state index contributed by atoms with van der Waals surface area (Å²) in [6.07, 6.45) is 1.22. The number of nitrogens with two attached hydrogens (primary N) is 1. The van der Waals surface area contributed by atoms with Crippen molar-refractivity contribution < 1.29 is 4.79 Å². The van der Waals surface area contributed by atoms with Gasteiger partial charge in [-0.2, -0.15) is 0 Å². The van der Waals surface area contributed by atoms with E-state index in [-0.39, 0.29) is 11.9 Å². The standard InChI is InChI=1S/C12H25N3O/c1-9(2)14-12(4,11(13)16)8-15-6-5-10(3)7-15/h9-10,14H,5-8H2,1-4H3,(H2,13,16). The molecule has 1 saturated heterocycles. The molecule has 0 spiro atoms. The number of amides is 1. The molecule has 2 unspecified atom stereocenters. The monoisotopic (exact) mass is 227 g/mol. The summed E-state index contributed by atoms with van der Waals surface area (Å²) in [6.45, 7) is 11.1. The van der Waals surface area contributed by atoms with Crippen LogP contribution < -0.4 is 11.1 Å². The Kier molecular flexibility index (Phi) is 4.33. The SMILES string of the molecule is CC1CCN(CC(C)(NC(C)C)C(N)=O)C1. The van der Waals surface area contributed by atoms with Gasteiger partial charge < -0.3 is 16.0 Å². The maximum Gasteiger partial charge on any atom is 0.238 e. The zero-order valence-corrected chi connectivity index (χ0v) is 10.9. The molecule has 4 heteroatoms. The highest BCUT2D eigenvalue weighted by Crippen LogP contribution is 2.18. The van der Waals surface area contributed by atoms with Crippen LogP contribution in [0, 0.1) is 5.92 Å². The van der Waals surface area contributed by atoms with E-state index >= 15 is 0 Å². The lowest BCUT2D eigenvalue weighted by Crippen LogP contribution is -2.61. The van der Waals surface area contributed by atoms with Crippen molar-refractivity contribution >= 4 is 5.91 Å². The van der Waals surface area contributed by atoms with Crippen LogP contribution in [0.15, 0.2) is 0 Å². The first-order valence-corrected chi connectivity index (χ1v) is 6.13. The topological polar surface area (TPSA) is 58.4 Å². The average molecular weight is 227 g/mol. The lowest BCUT2D eigenvalue weighted by Gasteiger charge is -2.33. The number of carbonyl (C=O) groups is 1. The van der Waals surface area contributed by atoms with E-state index in [0.29, 0.717) is 6.54 Å². The van der Waals surface area contributed by atoms with Crippen molar-refractivity contribution in [3.63, 3.8) is 0 Å². The van der Waals surface area contributed by atoms with Crippen LogP contribution in [0.1, 0.15) is 34.1 Å². The molecule has 1 rings (SSSR count). The zero-order chi connectivity index (χ0) is 12.3. The van der Waals surface area contributed by atoms with Gasteiger partial charge in [0.25, 0.3) is 0 Å². The lowest BCUT2D eigenvalue weighted by atomic mass is 9.99. The van der Waals surface area contributed by atoms with Crippen LogP contribution in [0.2, 0.25) is 0 Å². The van der Waals surface area contributed by atoms with Gasteiger partial charge in [0.1, 0.15) is 5.54 Å². The van der Waals surface area contributed by atoms with Crippen LogP contribution in [0.25, 0.3) is 0 Å². The van der Waals surface area contributed by atoms with Gasteiger partial charge in [0.2, 0.25) is 5.91 Å². The number of likely N-dealkylation sites (tertiary alicyclic amines) is 1. The molecule has 1 aliphatic rings. The highest BCUT2D eigenvalue weighted by molar-refractivity contribution is 5.84. The maximum absolute atomic E-state index is 11.6. The van der Waals surface area contributed by atoms with E-state index in [4.69, 9.17) is 5.73 Å². The van der Waals surface area contributed by atoms with Crippen LogP contribution in [-0.2, 0) is 4.79 Å². The van der Waals surface area contributed by atoms with E-state index in [9.17, 15) is 4.79 Å². The maximum atomic E-state index is 11.6. The van der Waals surface area contributed by atoms with Gasteiger partial charge in [-0.25, -0.2) is 0 Å². The average Bonchev–Trinajstić information content (AvgIpc) is 2.49. The van der Waals surface area contributed by atoms with Gasteiger partial charge in [-0.05, 0) is 39.7 Å². The fourth-order valence-corrected chi connectivity index (χ4v) is 2.45. The van der Waals surface area contributed by atoms with Crippen LogP contribution in [0.4, 0.5) is 0 Å². The Bertz CT molecular complexity index is 255. The molecule has 1 aliphatic heterocycles. The second-order valence-electron chi connectivity index (χ2n) is 5.62. The first-order chi connectivity index (χ1) is 7.33. The predicted molar refractivity (Wildman–Crippen MR) is 66.1 cm³/mol. The first kappa shape index (κ1) is 13.5. The summed E-state index contributed by atoms with van der Waals surface area (Å²) in [4.78, 5) is 13.9. The number of hydrogen-bond acceptors (Lipinski definition) is 3. The summed E-state index contributed by atoms with van der Waals surface area (Å²) in [7, 11) is 0. The van der Waals surface area contributed by atoms with Crippen LogP contribution in [0.5, 0.6) is 0 Å². The van der Waals surface area contributed by atoms with Crippen LogP contribution in [0.3, 0.4) is 0 Å². The molecule has 1 heterocycles. The van der Waals surface area contributed by atoms with Gasteiger partial charge in [-0.1, -0.05) is 6.92 Å². The molecule has 0 saturated carbocycles. The summed E-state index contributed by atoms with van der Waals surface area (Å²) < 4.78 is 0. The Morgan fingerprint density at radius 1 is 1.62 bits per heavy atom. The van der Waals surface area contributed by atoms with Crippen molar-refractivity contribution in [1.82, 2.24) is 10.2 Å². The molecule has 0 aromatic carbocycles. The van der Waals surface area contributed by atoms with E-state index in [1.165, 1.54) is 6.42 Å². The molecule has 0 aliphatic carbocycles. The third-order valence-corrected chi connectivity index (χ3v) is 3.20. The number of carbonyl (C=O) groups excluding carboxylic acids is 1. The Morgan fingerprint density at radius 2 is 2.25 bits per heavy atom. The molecular weight excluding hydrogens is 202 g/mol. The molecule has 1 amide bonds. The van der Waals surface area contributed by atoms with Crippen molar-refractivity contribution in [3.05, 3.63) is 0 Å². The number of nitrogens with one attached hydrogen (secondary N) is 1. The third-order valence-electron chi connectivity index (χ3n) is 3.20. The minimum absolute atomic E-state index is 0.262. The molecule has 3 N–H and O–H groups in total. The molecule has 94 valence electrons. The third kappa shape index (κ3) is 3.46. The van der Waals surface area contributed by atoms with Crippen LogP contribution >= 0.6 is 0 Å².